The van der Waals surface area contributed by atoms with Crippen LogP contribution in [0, 0.1) is 0 Å². The quantitative estimate of drug-likeness (QED) is 0.767. The number of carbonyl (C=O) groups excluding carboxylic acids is 1. The summed E-state index contributed by atoms with van der Waals surface area (Å²) in [7, 11) is 1.18. The molecule has 0 amide bonds. The molecule has 1 aliphatic rings. The highest BCUT2D eigenvalue weighted by molar-refractivity contribution is 7.16. The van der Waals surface area contributed by atoms with Crippen LogP contribution >= 0.6 is 11.3 Å². The molecular weight excluding hydrogens is 264 g/mol. The number of methoxy groups -OCH3 is 1. The molecular formula is C10H10O7S. The third-order valence-corrected chi connectivity index (χ3v) is 3.41. The first kappa shape index (κ1) is 12.7. The number of carboxylic acids is 1. The van der Waals surface area contributed by atoms with Gasteiger partial charge in [-0.15, -0.1) is 11.3 Å². The van der Waals surface area contributed by atoms with Gasteiger partial charge in [0.15, 0.2) is 27.4 Å². The lowest BCUT2D eigenvalue weighted by Gasteiger charge is -2.23. The first-order chi connectivity index (χ1) is 8.58. The molecule has 0 bridgehead atoms. The Hall–Kier alpha value is -1.80. The molecule has 0 spiro atoms. The summed E-state index contributed by atoms with van der Waals surface area (Å²) in [5.74, 6) is -1.88. The van der Waals surface area contributed by atoms with E-state index in [1.165, 1.54) is 7.11 Å². The Balaban J connectivity index is 2.49. The lowest BCUT2D eigenvalue weighted by atomic mass is 10.3. The number of aromatic carboxylic acids is 1. The molecule has 0 fully saturated rings. The smallest absolute Gasteiger partial charge is 0.352 e. The van der Waals surface area contributed by atoms with Crippen molar-refractivity contribution in [3.05, 3.63) is 9.75 Å². The van der Waals surface area contributed by atoms with Crippen molar-refractivity contribution in [2.75, 3.05) is 20.3 Å². The van der Waals surface area contributed by atoms with E-state index >= 15 is 0 Å². The van der Waals surface area contributed by atoms with Gasteiger partial charge in [0.05, 0.1) is 13.7 Å². The molecule has 7 nitrogen and oxygen atoms in total. The van der Waals surface area contributed by atoms with Crippen LogP contribution in [0.2, 0.25) is 0 Å². The average molecular weight is 274 g/mol. The van der Waals surface area contributed by atoms with E-state index in [1.807, 2.05) is 0 Å². The van der Waals surface area contributed by atoms with E-state index in [2.05, 4.69) is 4.74 Å². The molecule has 1 aliphatic heterocycles. The Labute approximate surface area is 106 Å². The minimum Gasteiger partial charge on any atom is -0.484 e. The molecule has 0 aliphatic carbocycles. The van der Waals surface area contributed by atoms with Gasteiger partial charge < -0.3 is 24.4 Å². The van der Waals surface area contributed by atoms with Gasteiger partial charge in [-0.25, -0.2) is 9.59 Å². The normalized spacial score (nSPS) is 17.3. The van der Waals surface area contributed by atoms with Crippen molar-refractivity contribution in [1.82, 2.24) is 0 Å². The van der Waals surface area contributed by atoms with Crippen LogP contribution in [0.4, 0.5) is 0 Å². The van der Waals surface area contributed by atoms with Crippen LogP contribution in [0.15, 0.2) is 0 Å². The first-order valence-electron chi connectivity index (χ1n) is 4.97. The van der Waals surface area contributed by atoms with Crippen LogP contribution in [-0.2, 0) is 4.74 Å². The Morgan fingerprint density at radius 2 is 2.17 bits per heavy atom. The molecule has 18 heavy (non-hydrogen) atoms. The second-order valence-electron chi connectivity index (χ2n) is 3.45. The second-order valence-corrected chi connectivity index (χ2v) is 4.47. The van der Waals surface area contributed by atoms with Crippen LogP contribution < -0.4 is 9.47 Å². The maximum atomic E-state index is 11.5. The summed E-state index contributed by atoms with van der Waals surface area (Å²) in [6.07, 6.45) is -0.628. The number of fused-ring (bicyclic) bond motifs is 1. The van der Waals surface area contributed by atoms with Crippen LogP contribution in [0.3, 0.4) is 0 Å². The number of rotatable bonds is 3. The molecule has 2 rings (SSSR count). The summed E-state index contributed by atoms with van der Waals surface area (Å²) in [5, 5.41) is 18.0. The minimum atomic E-state index is -1.21. The van der Waals surface area contributed by atoms with E-state index in [4.69, 9.17) is 19.7 Å². The lowest BCUT2D eigenvalue weighted by Crippen LogP contribution is -2.32. The minimum absolute atomic E-state index is 0.0117. The van der Waals surface area contributed by atoms with Gasteiger partial charge in [0.25, 0.3) is 0 Å². The van der Waals surface area contributed by atoms with Crippen LogP contribution in [0.1, 0.15) is 19.3 Å². The SMILES string of the molecule is COC(=O)c1sc(C(=O)O)c2c1OC(CO)CO2. The van der Waals surface area contributed by atoms with E-state index in [1.54, 1.807) is 0 Å². The zero-order valence-corrected chi connectivity index (χ0v) is 10.2. The van der Waals surface area contributed by atoms with E-state index < -0.39 is 18.0 Å². The highest BCUT2D eigenvalue weighted by atomic mass is 32.1. The second kappa shape index (κ2) is 4.83. The molecule has 1 aromatic heterocycles. The monoisotopic (exact) mass is 274 g/mol. The fraction of sp³-hybridized carbons (Fsp3) is 0.400. The Bertz CT molecular complexity index is 493. The number of esters is 1. The van der Waals surface area contributed by atoms with Gasteiger partial charge >= 0.3 is 11.9 Å². The van der Waals surface area contributed by atoms with Crippen molar-refractivity contribution >= 4 is 23.3 Å². The summed E-state index contributed by atoms with van der Waals surface area (Å²) < 4.78 is 15.1. The summed E-state index contributed by atoms with van der Waals surface area (Å²) in [5.41, 5.74) is 0. The number of carboxylic acid groups (broad SMARTS) is 1. The summed E-state index contributed by atoms with van der Waals surface area (Å²) in [4.78, 5) is 22.4. The van der Waals surface area contributed by atoms with Gasteiger partial charge in [-0.05, 0) is 0 Å². The molecule has 1 unspecified atom stereocenters. The Morgan fingerprint density at radius 3 is 2.72 bits per heavy atom. The molecule has 2 heterocycles. The maximum absolute atomic E-state index is 11.5. The molecule has 0 radical (unpaired) electrons. The predicted octanol–water partition coefficient (Wildman–Crippen LogP) is 0.365. The van der Waals surface area contributed by atoms with E-state index in [-0.39, 0.29) is 34.5 Å². The van der Waals surface area contributed by atoms with Gasteiger partial charge in [-0.3, -0.25) is 0 Å². The molecule has 98 valence electrons. The van der Waals surface area contributed by atoms with Crippen molar-refractivity contribution in [1.29, 1.82) is 0 Å². The molecule has 0 saturated carbocycles. The van der Waals surface area contributed by atoms with E-state index in [0.717, 1.165) is 11.3 Å². The number of aliphatic hydroxyl groups is 1. The number of aliphatic hydroxyl groups excluding tert-OH is 1. The van der Waals surface area contributed by atoms with Crippen LogP contribution in [0.25, 0.3) is 0 Å². The predicted molar refractivity (Wildman–Crippen MR) is 59.6 cm³/mol. The standard InChI is InChI=1S/C10H10O7S/c1-15-10(14)8-6-5(7(18-8)9(12)13)16-3-4(2-11)17-6/h4,11H,2-3H2,1H3,(H,12,13). The number of carbonyl (C=O) groups is 2. The summed E-state index contributed by atoms with van der Waals surface area (Å²) in [6, 6.07) is 0. The fourth-order valence-corrected chi connectivity index (χ4v) is 2.41. The highest BCUT2D eigenvalue weighted by Crippen LogP contribution is 2.45. The largest absolute Gasteiger partial charge is 0.484 e. The van der Waals surface area contributed by atoms with Crippen molar-refractivity contribution in [2.24, 2.45) is 0 Å². The summed E-state index contributed by atoms with van der Waals surface area (Å²) in [6.45, 7) is -0.264. The van der Waals surface area contributed by atoms with Crippen LogP contribution in [0.5, 0.6) is 11.5 Å². The number of thiophene rings is 1. The third kappa shape index (κ3) is 2.00. The molecule has 1 aromatic rings. The van der Waals surface area contributed by atoms with Crippen molar-refractivity contribution < 1.29 is 34.0 Å². The first-order valence-corrected chi connectivity index (χ1v) is 5.78. The Morgan fingerprint density at radius 1 is 1.44 bits per heavy atom. The van der Waals surface area contributed by atoms with Gasteiger partial charge in [-0.1, -0.05) is 0 Å². The molecule has 1 atom stereocenters. The number of ether oxygens (including phenoxy) is 3. The molecule has 8 heteroatoms. The summed E-state index contributed by atoms with van der Waals surface area (Å²) >= 11 is 0.723. The Kier molecular flexibility index (Phi) is 3.39. The maximum Gasteiger partial charge on any atom is 0.352 e. The lowest BCUT2D eigenvalue weighted by molar-refractivity contribution is 0.0406. The molecule has 2 N–H and O–H groups in total. The molecule has 0 aromatic carbocycles. The van der Waals surface area contributed by atoms with Gasteiger partial charge in [0.2, 0.25) is 0 Å². The van der Waals surface area contributed by atoms with Gasteiger partial charge in [0, 0.05) is 0 Å². The topological polar surface area (TPSA) is 102 Å². The molecule has 0 saturated heterocycles. The number of hydrogen-bond donors (Lipinski definition) is 2. The fourth-order valence-electron chi connectivity index (χ4n) is 1.47. The zero-order valence-electron chi connectivity index (χ0n) is 9.34. The van der Waals surface area contributed by atoms with Gasteiger partial charge in [-0.2, -0.15) is 0 Å². The van der Waals surface area contributed by atoms with Crippen molar-refractivity contribution in [3.63, 3.8) is 0 Å². The number of hydrogen-bond acceptors (Lipinski definition) is 7. The highest BCUT2D eigenvalue weighted by Gasteiger charge is 2.34. The average Bonchev–Trinajstić information content (AvgIpc) is 2.76. The van der Waals surface area contributed by atoms with E-state index in [9.17, 15) is 9.59 Å². The van der Waals surface area contributed by atoms with E-state index in [0.29, 0.717) is 0 Å². The van der Waals surface area contributed by atoms with Crippen molar-refractivity contribution in [3.8, 4) is 11.5 Å². The van der Waals surface area contributed by atoms with Crippen LogP contribution in [-0.4, -0.2) is 48.6 Å². The van der Waals surface area contributed by atoms with Crippen molar-refractivity contribution in [2.45, 2.75) is 6.10 Å². The van der Waals surface area contributed by atoms with Gasteiger partial charge in [0.1, 0.15) is 6.61 Å². The zero-order chi connectivity index (χ0) is 13.3. The third-order valence-electron chi connectivity index (χ3n) is 2.29.